The predicted octanol–water partition coefficient (Wildman–Crippen LogP) is 8.95. The number of anilines is 2. The first-order valence-corrected chi connectivity index (χ1v) is 24.7. The maximum absolute atomic E-state index is 14.6. The van der Waals surface area contributed by atoms with Crippen LogP contribution in [0.1, 0.15) is 112 Å². The smallest absolute Gasteiger partial charge is 0.297 e. The summed E-state index contributed by atoms with van der Waals surface area (Å²) < 4.78 is 56.8. The van der Waals surface area contributed by atoms with Gasteiger partial charge in [0.2, 0.25) is 0 Å². The lowest BCUT2D eigenvalue weighted by Gasteiger charge is -2.56. The number of aromatic amines is 1. The Morgan fingerprint density at radius 2 is 1.82 bits per heavy atom. The highest BCUT2D eigenvalue weighted by atomic mass is 32.2. The van der Waals surface area contributed by atoms with Crippen LogP contribution in [0.5, 0.6) is 17.2 Å². The number of carbonyl (C=O) groups is 1. The van der Waals surface area contributed by atoms with Crippen molar-refractivity contribution in [1.82, 2.24) is 19.6 Å². The van der Waals surface area contributed by atoms with Gasteiger partial charge in [-0.15, -0.1) is 0 Å². The van der Waals surface area contributed by atoms with Crippen molar-refractivity contribution in [2.45, 2.75) is 113 Å². The van der Waals surface area contributed by atoms with Gasteiger partial charge in [-0.3, -0.25) is 19.8 Å². The Morgan fingerprint density at radius 1 is 1.05 bits per heavy atom. The number of benzene rings is 3. The maximum Gasteiger partial charge on any atom is 0.297 e. The Bertz CT molecular complexity index is 2780. The van der Waals surface area contributed by atoms with E-state index in [1.54, 1.807) is 12.1 Å². The van der Waals surface area contributed by atoms with E-state index in [2.05, 4.69) is 67.9 Å². The number of rotatable bonds is 11. The van der Waals surface area contributed by atoms with E-state index < -0.39 is 37.3 Å². The fourth-order valence-electron chi connectivity index (χ4n) is 11.4. The number of carbonyl (C=O) groups excluding carboxylic acids is 1. The third-order valence-corrected chi connectivity index (χ3v) is 16.3. The molecule has 66 heavy (non-hydrogen) atoms. The molecule has 348 valence electrons. The van der Waals surface area contributed by atoms with E-state index in [-0.39, 0.29) is 64.0 Å². The van der Waals surface area contributed by atoms with Crippen molar-refractivity contribution < 1.29 is 37.1 Å². The van der Waals surface area contributed by atoms with Gasteiger partial charge in [-0.25, -0.2) is 22.5 Å². The third kappa shape index (κ3) is 8.45. The number of pyridine rings is 1. The van der Waals surface area contributed by atoms with Crippen LogP contribution < -0.4 is 24.4 Å². The van der Waals surface area contributed by atoms with Gasteiger partial charge in [-0.2, -0.15) is 0 Å². The Hall–Kier alpha value is -5.78. The molecule has 2 aliphatic carbocycles. The molecule has 0 bridgehead atoms. The van der Waals surface area contributed by atoms with Crippen molar-refractivity contribution in [3.8, 4) is 17.2 Å². The number of aromatic nitrogens is 2. The molecule has 2 atom stereocenters. The van der Waals surface area contributed by atoms with E-state index in [4.69, 9.17) is 9.47 Å². The van der Waals surface area contributed by atoms with Crippen LogP contribution in [-0.4, -0.2) is 83.7 Å². The largest absolute Gasteiger partial charge is 0.489 e. The van der Waals surface area contributed by atoms with Crippen molar-refractivity contribution in [2.24, 2.45) is 11.3 Å². The monoisotopic (exact) mass is 921 g/mol. The number of likely N-dealkylation sites (tertiary alicyclic amines) is 1. The summed E-state index contributed by atoms with van der Waals surface area (Å²) in [7, 11) is -4.71. The number of nitro groups is 1. The molecule has 3 aliphatic heterocycles. The Balaban J connectivity index is 0.865. The maximum atomic E-state index is 14.6. The molecule has 2 aromatic heterocycles. The normalized spacial score (nSPS) is 23.3. The second-order valence-corrected chi connectivity index (χ2v) is 21.0. The van der Waals surface area contributed by atoms with Crippen LogP contribution in [-0.2, 0) is 10.0 Å². The molecule has 2 saturated heterocycles. The van der Waals surface area contributed by atoms with Crippen LogP contribution in [0.2, 0.25) is 0 Å². The second-order valence-electron chi connectivity index (χ2n) is 19.4. The van der Waals surface area contributed by atoms with Crippen molar-refractivity contribution >= 4 is 44.0 Å². The van der Waals surface area contributed by atoms with Crippen molar-refractivity contribution in [3.63, 3.8) is 0 Å². The highest BCUT2D eigenvalue weighted by molar-refractivity contribution is 7.90. The number of hydrogen-bond acceptors (Lipinski definition) is 12. The van der Waals surface area contributed by atoms with Gasteiger partial charge in [0.05, 0.1) is 39.1 Å². The molecule has 5 aromatic rings. The molecule has 3 aromatic carbocycles. The van der Waals surface area contributed by atoms with Gasteiger partial charge < -0.3 is 29.8 Å². The number of fused-ring (bicyclic) bond motifs is 2. The number of sulfonamides is 1. The van der Waals surface area contributed by atoms with Crippen LogP contribution in [0, 0.1) is 27.3 Å². The van der Waals surface area contributed by atoms with Crippen LogP contribution in [0.3, 0.4) is 0 Å². The summed E-state index contributed by atoms with van der Waals surface area (Å²) in [6, 6.07) is 18.1. The number of H-pyrrole nitrogens is 1. The zero-order valence-corrected chi connectivity index (χ0v) is 38.0. The van der Waals surface area contributed by atoms with Gasteiger partial charge in [0.15, 0.2) is 11.4 Å². The first-order valence-electron chi connectivity index (χ1n) is 23.3. The van der Waals surface area contributed by atoms with Gasteiger partial charge in [0.1, 0.15) is 29.6 Å². The summed E-state index contributed by atoms with van der Waals surface area (Å²) >= 11 is 0. The second kappa shape index (κ2) is 17.5. The van der Waals surface area contributed by atoms with E-state index in [1.165, 1.54) is 54.6 Å². The molecule has 15 nitrogen and oxygen atoms in total. The fraction of sp³-hybridized carbons (Fsp3) is 0.469. The highest BCUT2D eigenvalue weighted by Gasteiger charge is 2.50. The summed E-state index contributed by atoms with van der Waals surface area (Å²) in [6.07, 6.45) is 11.6. The molecular formula is C49H56FN7O8S. The number of ether oxygens (including phenoxy) is 2. The molecule has 17 heteroatoms. The number of hydrogen-bond donors (Lipinski definition) is 4. The van der Waals surface area contributed by atoms with Crippen molar-refractivity contribution in [2.75, 3.05) is 36.5 Å². The lowest BCUT2D eigenvalue weighted by atomic mass is 9.59. The van der Waals surface area contributed by atoms with E-state index >= 15 is 0 Å². The summed E-state index contributed by atoms with van der Waals surface area (Å²) in [5.41, 5.74) is 3.69. The number of piperidine rings is 1. The molecule has 2 saturated carbocycles. The van der Waals surface area contributed by atoms with Crippen molar-refractivity contribution in [1.29, 1.82) is 0 Å². The number of nitro benzene ring substituents is 1. The van der Waals surface area contributed by atoms with Crippen LogP contribution in [0.25, 0.3) is 11.0 Å². The topological polar surface area (TPSA) is 192 Å². The molecule has 0 radical (unpaired) electrons. The molecule has 0 unspecified atom stereocenters. The number of amides is 1. The molecule has 1 spiro atoms. The van der Waals surface area contributed by atoms with Crippen molar-refractivity contribution in [3.05, 3.63) is 106 Å². The minimum atomic E-state index is -4.71. The number of aliphatic hydroxyl groups excluding tert-OH is 1. The Labute approximate surface area is 383 Å². The predicted molar refractivity (Wildman–Crippen MR) is 247 cm³/mol. The molecule has 5 heterocycles. The average Bonchev–Trinajstić information content (AvgIpc) is 3.94. The Morgan fingerprint density at radius 3 is 2.58 bits per heavy atom. The number of nitrogens with one attached hydrogen (secondary N) is 3. The van der Waals surface area contributed by atoms with Crippen LogP contribution >= 0.6 is 0 Å². The quantitative estimate of drug-likeness (QED) is 0.0728. The molecule has 4 fully saturated rings. The average molecular weight is 922 g/mol. The summed E-state index contributed by atoms with van der Waals surface area (Å²) in [4.78, 5) is 37.2. The van der Waals surface area contributed by atoms with Gasteiger partial charge in [0.25, 0.3) is 21.6 Å². The van der Waals surface area contributed by atoms with Gasteiger partial charge in [-0.1, -0.05) is 38.1 Å². The SMILES string of the molecule is CC(C)c1ccccc1[C@H]1CCCN1C1CC2(CCN(c3ccc(C(=O)NS(=O)(=O)c4cc5c(c([N+](=O)[O-])c4)N[C@H]([C@H]4CC[C@H](O)CC4)CO5)c(Oc4cnc5[nH]cc(F)c5c4)c3)CC2)C1. The van der Waals surface area contributed by atoms with E-state index in [0.717, 1.165) is 69.9 Å². The summed E-state index contributed by atoms with van der Waals surface area (Å²) in [5.74, 6) is -0.860. The minimum absolute atomic E-state index is 0.0215. The number of aliphatic hydroxyl groups is 1. The molecule has 4 N–H and O–H groups in total. The molecule has 10 rings (SSSR count). The zero-order chi connectivity index (χ0) is 45.9. The number of nitrogens with zero attached hydrogens (tertiary/aromatic N) is 4. The fourth-order valence-corrected chi connectivity index (χ4v) is 12.4. The lowest BCUT2D eigenvalue weighted by molar-refractivity contribution is -0.384. The van der Waals surface area contributed by atoms with E-state index in [9.17, 15) is 32.8 Å². The molecule has 1 amide bonds. The first kappa shape index (κ1) is 44.1. The third-order valence-electron chi connectivity index (χ3n) is 15.0. The summed E-state index contributed by atoms with van der Waals surface area (Å²) in [6.45, 7) is 7.39. The molecule has 5 aliphatic rings. The lowest BCUT2D eigenvalue weighted by Crippen LogP contribution is -2.54. The zero-order valence-electron chi connectivity index (χ0n) is 37.2. The van der Waals surface area contributed by atoms with E-state index in [1.807, 2.05) is 0 Å². The summed E-state index contributed by atoms with van der Waals surface area (Å²) in [5, 5.41) is 25.7. The minimum Gasteiger partial charge on any atom is -0.489 e. The Kier molecular flexibility index (Phi) is 11.7. The highest BCUT2D eigenvalue weighted by Crippen LogP contribution is 2.54. The van der Waals surface area contributed by atoms with Gasteiger partial charge in [-0.05, 0) is 117 Å². The van der Waals surface area contributed by atoms with E-state index in [0.29, 0.717) is 36.5 Å². The standard InChI is InChI=1S/C49H56FN7O8S/c1-29(2)36-6-3-4-7-37(36)42-8-5-17-56(42)32-24-49(25-32)15-18-55(19-16-49)31-11-14-38(44(20-31)65-34-21-39-40(50)27-52-47(39)51-26-34)48(59)54-66(62,63)35-22-43(57(60)61)46-45(23-35)64-28-41(53-46)30-9-12-33(58)13-10-30/h3-4,6-7,11,14,20-23,26-27,29-30,32-33,41-42,53,58H,5,8-10,12-13,15-19,24-25,28H2,1-2H3,(H,51,52)(H,54,59)/t30-,33-,41-,42+/m0/s1. The van der Waals surface area contributed by atoms with Crippen LogP contribution in [0.15, 0.2) is 78.0 Å². The number of halogens is 1. The molecular weight excluding hydrogens is 866 g/mol. The van der Waals surface area contributed by atoms with Gasteiger partial charge in [0, 0.05) is 55.3 Å². The van der Waals surface area contributed by atoms with Gasteiger partial charge >= 0.3 is 0 Å². The van der Waals surface area contributed by atoms with Crippen LogP contribution in [0.4, 0.5) is 21.5 Å². The first-order chi connectivity index (χ1) is 31.7.